The summed E-state index contributed by atoms with van der Waals surface area (Å²) in [5, 5.41) is 34.4. The number of carbonyl (C=O) groups is 6. The van der Waals surface area contributed by atoms with E-state index in [0.29, 0.717) is 17.9 Å². The van der Waals surface area contributed by atoms with Crippen molar-refractivity contribution in [2.75, 3.05) is 28.3 Å². The number of anilines is 3. The number of halogens is 6. The molecule has 0 bridgehead atoms. The number of unbranched alkanes of at least 4 members (excludes halogenated alkanes) is 1. The van der Waals surface area contributed by atoms with Gasteiger partial charge in [0.1, 0.15) is 23.1 Å². The molecule has 0 spiro atoms. The van der Waals surface area contributed by atoms with Gasteiger partial charge in [0, 0.05) is 16.3 Å². The summed E-state index contributed by atoms with van der Waals surface area (Å²) in [6, 6.07) is 46.9. The number of aryl methyl sites for hydroxylation is 1. The van der Waals surface area contributed by atoms with Crippen LogP contribution in [0.3, 0.4) is 0 Å². The number of hydrogen-bond acceptors (Lipinski definition) is 8. The molecule has 0 fully saturated rings. The molecule has 3 amide bonds. The number of carboxylic acid groups (broad SMARTS) is 3. The summed E-state index contributed by atoms with van der Waals surface area (Å²) in [7, 11) is 0. The van der Waals surface area contributed by atoms with Gasteiger partial charge in [-0.1, -0.05) is 124 Å². The third-order valence-electron chi connectivity index (χ3n) is 13.1. The van der Waals surface area contributed by atoms with E-state index in [-0.39, 0.29) is 44.8 Å². The second-order valence-electron chi connectivity index (χ2n) is 19.1. The standard InChI is InChI=1S/C24H19F4NO4.C22H17F2NO3S.C22H19NO3/c1-2-3-11-33-14-8-6-7-13(12-14)17-18(25)20(27)22(21(28)19(17)26)29-23(30)15-9-4-5-10-16(15)24(31)32;1-2-29-15-7-5-6-13(10-15)20-18(23)11-14(12-19(20)24)25-21(26)16-8-3-4-9-17(16)22(27)28;1-2-15-6-5-7-17(14-15)16-10-12-18(13-11-16)23-21(24)19-8-3-4-9-20(19)22(25)26/h4-10,12H,2-3,11H2,1H3,(H,29,30)(H,31,32);3-12H,2H2,1H3,(H,25,26)(H,27,28);3-14H,2H2,1H3,(H,23,24)(H,25,26). The summed E-state index contributed by atoms with van der Waals surface area (Å²) >= 11 is 1.56. The van der Waals surface area contributed by atoms with Crippen LogP contribution in [0.15, 0.2) is 187 Å². The van der Waals surface area contributed by atoms with Gasteiger partial charge in [-0.05, 0) is 131 Å². The Bertz CT molecular complexity index is 4020. The highest BCUT2D eigenvalue weighted by molar-refractivity contribution is 7.99. The maximum absolute atomic E-state index is 14.8. The second-order valence-corrected chi connectivity index (χ2v) is 20.4. The highest BCUT2D eigenvalue weighted by atomic mass is 32.2. The van der Waals surface area contributed by atoms with Crippen molar-refractivity contribution in [1.29, 1.82) is 0 Å². The molecule has 9 aromatic rings. The summed E-state index contributed by atoms with van der Waals surface area (Å²) < 4.78 is 93.9. The highest BCUT2D eigenvalue weighted by Gasteiger charge is 2.29. The highest BCUT2D eigenvalue weighted by Crippen LogP contribution is 2.37. The lowest BCUT2D eigenvalue weighted by atomic mass is 10.0. The van der Waals surface area contributed by atoms with Crippen LogP contribution in [0.2, 0.25) is 0 Å². The zero-order chi connectivity index (χ0) is 63.6. The predicted octanol–water partition coefficient (Wildman–Crippen LogP) is 16.6. The fourth-order valence-electron chi connectivity index (χ4n) is 8.80. The predicted molar refractivity (Wildman–Crippen MR) is 326 cm³/mol. The zero-order valence-electron chi connectivity index (χ0n) is 47.2. The van der Waals surface area contributed by atoms with Crippen molar-refractivity contribution >= 4 is 64.5 Å². The zero-order valence-corrected chi connectivity index (χ0v) is 48.0. The minimum Gasteiger partial charge on any atom is -0.494 e. The fraction of sp³-hybridized carbons (Fsp3) is 0.118. The molecule has 0 aliphatic rings. The van der Waals surface area contributed by atoms with Crippen molar-refractivity contribution in [3.63, 3.8) is 0 Å². The Hall–Kier alpha value is -10.5. The number of thioether (sulfide) groups is 1. The molecule has 0 radical (unpaired) electrons. The van der Waals surface area contributed by atoms with Crippen molar-refractivity contribution in [1.82, 2.24) is 0 Å². The van der Waals surface area contributed by atoms with Crippen LogP contribution in [0.4, 0.5) is 43.4 Å². The van der Waals surface area contributed by atoms with Crippen LogP contribution < -0.4 is 20.7 Å². The van der Waals surface area contributed by atoms with E-state index in [1.165, 1.54) is 78.4 Å². The van der Waals surface area contributed by atoms with Gasteiger partial charge in [0.2, 0.25) is 0 Å². The molecule has 9 aromatic carbocycles. The van der Waals surface area contributed by atoms with Crippen LogP contribution in [-0.2, 0) is 6.42 Å². The smallest absolute Gasteiger partial charge is 0.336 e. The largest absolute Gasteiger partial charge is 0.494 e. The number of carboxylic acids is 3. The van der Waals surface area contributed by atoms with Crippen molar-refractivity contribution in [2.45, 2.75) is 44.9 Å². The maximum Gasteiger partial charge on any atom is 0.336 e. The number of carbonyl (C=O) groups excluding carboxylic acids is 3. The Labute approximate surface area is 505 Å². The minimum absolute atomic E-state index is 0.0157. The van der Waals surface area contributed by atoms with Crippen molar-refractivity contribution in [2.24, 2.45) is 0 Å². The van der Waals surface area contributed by atoms with E-state index < -0.39 is 92.9 Å². The van der Waals surface area contributed by atoms with Gasteiger partial charge < -0.3 is 36.0 Å². The third kappa shape index (κ3) is 16.3. The third-order valence-corrected chi connectivity index (χ3v) is 14.0. The maximum atomic E-state index is 14.8. The Balaban J connectivity index is 0.000000190. The van der Waals surface area contributed by atoms with Crippen LogP contribution >= 0.6 is 11.8 Å². The molecule has 450 valence electrons. The van der Waals surface area contributed by atoms with Crippen LogP contribution in [-0.4, -0.2) is 63.3 Å². The van der Waals surface area contributed by atoms with Gasteiger partial charge in [0.25, 0.3) is 17.7 Å². The minimum atomic E-state index is -1.83. The van der Waals surface area contributed by atoms with Crippen molar-refractivity contribution in [3.8, 4) is 39.1 Å². The molecule has 0 aliphatic carbocycles. The molecule has 88 heavy (non-hydrogen) atoms. The van der Waals surface area contributed by atoms with Crippen LogP contribution in [0.5, 0.6) is 5.75 Å². The monoisotopic (exact) mass is 1220 g/mol. The van der Waals surface area contributed by atoms with Gasteiger partial charge in [0.15, 0.2) is 23.3 Å². The number of aromatic carboxylic acids is 3. The van der Waals surface area contributed by atoms with E-state index in [4.69, 9.17) is 4.74 Å². The molecule has 6 N–H and O–H groups in total. The van der Waals surface area contributed by atoms with E-state index in [9.17, 15) is 70.4 Å². The first kappa shape index (κ1) is 65.1. The summed E-state index contributed by atoms with van der Waals surface area (Å²) in [6.07, 6.45) is 2.59. The number of nitrogens with one attached hydrogen (secondary N) is 3. The summed E-state index contributed by atoms with van der Waals surface area (Å²) in [4.78, 5) is 71.9. The topological polar surface area (TPSA) is 208 Å². The number of amides is 3. The molecule has 0 saturated heterocycles. The quantitative estimate of drug-likeness (QED) is 0.0194. The van der Waals surface area contributed by atoms with Gasteiger partial charge in [-0.2, -0.15) is 0 Å². The first-order valence-corrected chi connectivity index (χ1v) is 28.1. The fourth-order valence-corrected chi connectivity index (χ4v) is 9.52. The number of rotatable bonds is 19. The lowest BCUT2D eigenvalue weighted by molar-refractivity contribution is 0.0683. The number of benzene rings is 9. The van der Waals surface area contributed by atoms with E-state index >= 15 is 0 Å². The average Bonchev–Trinajstić information content (AvgIpc) is 1.20. The summed E-state index contributed by atoms with van der Waals surface area (Å²) in [6.45, 7) is 6.41. The van der Waals surface area contributed by atoms with Gasteiger partial charge in [-0.25, -0.2) is 40.7 Å². The molecule has 20 heteroatoms. The van der Waals surface area contributed by atoms with E-state index in [2.05, 4.69) is 35.8 Å². The van der Waals surface area contributed by atoms with Gasteiger partial charge in [-0.3, -0.25) is 14.4 Å². The number of hydrogen-bond donors (Lipinski definition) is 6. The Morgan fingerprint density at radius 2 is 0.886 bits per heavy atom. The summed E-state index contributed by atoms with van der Waals surface area (Å²) in [5.74, 6) is -14.0. The Morgan fingerprint density at radius 1 is 0.432 bits per heavy atom. The molecule has 0 atom stereocenters. The first-order valence-electron chi connectivity index (χ1n) is 27.2. The normalized spacial score (nSPS) is 10.6. The average molecular weight is 1220 g/mol. The molecule has 0 aromatic heterocycles. The van der Waals surface area contributed by atoms with E-state index in [1.54, 1.807) is 47.4 Å². The summed E-state index contributed by atoms with van der Waals surface area (Å²) in [5.41, 5.74) is 0.611. The lowest BCUT2D eigenvalue weighted by Gasteiger charge is -2.14. The second kappa shape index (κ2) is 30.6. The van der Waals surface area contributed by atoms with Crippen LogP contribution in [0, 0.1) is 34.9 Å². The van der Waals surface area contributed by atoms with Crippen molar-refractivity contribution < 1.29 is 75.2 Å². The van der Waals surface area contributed by atoms with E-state index in [1.807, 2.05) is 50.2 Å². The molecule has 0 unspecified atom stereocenters. The molecular formula is C68H55F6N3O10S. The van der Waals surface area contributed by atoms with Gasteiger partial charge in [0.05, 0.1) is 51.1 Å². The van der Waals surface area contributed by atoms with Crippen LogP contribution in [0.25, 0.3) is 33.4 Å². The number of ether oxygens (including phenoxy) is 1. The molecule has 9 rings (SSSR count). The lowest BCUT2D eigenvalue weighted by Crippen LogP contribution is -2.19. The molecule has 0 aliphatic heterocycles. The Morgan fingerprint density at radius 3 is 1.38 bits per heavy atom. The molecule has 0 saturated carbocycles. The van der Waals surface area contributed by atoms with Gasteiger partial charge >= 0.3 is 17.9 Å². The molecule has 0 heterocycles. The molecular weight excluding hydrogens is 1160 g/mol. The SMILES string of the molecule is CCCCOc1cccc(-c2c(F)c(F)c(NC(=O)c3ccccc3C(=O)O)c(F)c2F)c1.CCSc1cccc(-c2c(F)cc(NC(=O)c3ccccc3C(=O)O)cc2F)c1.CCc1cccc(-c2ccc(NC(=O)c3ccccc3C(=O)O)cc2)c1. The van der Waals surface area contributed by atoms with Crippen LogP contribution in [0.1, 0.15) is 101 Å². The first-order chi connectivity index (χ1) is 42.2. The van der Waals surface area contributed by atoms with Gasteiger partial charge in [-0.15, -0.1) is 11.8 Å². The van der Waals surface area contributed by atoms with E-state index in [0.717, 1.165) is 65.3 Å². The molecule has 13 nitrogen and oxygen atoms in total. The van der Waals surface area contributed by atoms with Crippen molar-refractivity contribution in [3.05, 3.63) is 256 Å². The Kier molecular flexibility index (Phi) is 22.6.